The van der Waals surface area contributed by atoms with Gasteiger partial charge in [0.2, 0.25) is 5.91 Å². The zero-order valence-corrected chi connectivity index (χ0v) is 11.4. The molecular formula is C15H12FN3O3. The van der Waals surface area contributed by atoms with Gasteiger partial charge in [-0.15, -0.1) is 0 Å². The van der Waals surface area contributed by atoms with Crippen LogP contribution in [0.3, 0.4) is 0 Å². The van der Waals surface area contributed by atoms with Crippen LogP contribution in [0.15, 0.2) is 53.6 Å². The van der Waals surface area contributed by atoms with Crippen LogP contribution in [-0.4, -0.2) is 17.0 Å². The third kappa shape index (κ3) is 4.48. The molecule has 0 bridgehead atoms. The van der Waals surface area contributed by atoms with E-state index in [0.29, 0.717) is 11.1 Å². The molecule has 0 atom stereocenters. The van der Waals surface area contributed by atoms with Gasteiger partial charge in [-0.05, 0) is 23.3 Å². The molecule has 7 heteroatoms. The number of nitrogens with zero attached hydrogens (tertiary/aromatic N) is 2. The zero-order chi connectivity index (χ0) is 15.9. The highest BCUT2D eigenvalue weighted by Gasteiger charge is 2.06. The lowest BCUT2D eigenvalue weighted by Gasteiger charge is -2.00. The molecule has 0 saturated carbocycles. The molecule has 1 N–H and O–H groups in total. The normalized spacial score (nSPS) is 10.6. The van der Waals surface area contributed by atoms with E-state index in [1.54, 1.807) is 0 Å². The first-order valence-electron chi connectivity index (χ1n) is 6.35. The highest BCUT2D eigenvalue weighted by molar-refractivity contribution is 5.83. The number of amides is 1. The minimum absolute atomic E-state index is 0.0292. The van der Waals surface area contributed by atoms with Crippen molar-refractivity contribution in [2.45, 2.75) is 6.42 Å². The maximum atomic E-state index is 12.7. The van der Waals surface area contributed by atoms with E-state index in [1.165, 1.54) is 54.7 Å². The lowest BCUT2D eigenvalue weighted by molar-refractivity contribution is -0.384. The molecule has 0 aliphatic carbocycles. The number of rotatable bonds is 5. The van der Waals surface area contributed by atoms with Crippen LogP contribution in [0.1, 0.15) is 11.1 Å². The second-order valence-corrected chi connectivity index (χ2v) is 4.45. The van der Waals surface area contributed by atoms with Gasteiger partial charge in [-0.3, -0.25) is 14.9 Å². The molecule has 6 nitrogen and oxygen atoms in total. The molecule has 0 spiro atoms. The van der Waals surface area contributed by atoms with Gasteiger partial charge in [-0.1, -0.05) is 24.3 Å². The van der Waals surface area contributed by atoms with E-state index in [0.717, 1.165) is 0 Å². The molecule has 112 valence electrons. The van der Waals surface area contributed by atoms with Crippen LogP contribution in [0, 0.1) is 15.9 Å². The number of carbonyl (C=O) groups excluding carboxylic acids is 1. The molecule has 0 aliphatic heterocycles. The highest BCUT2D eigenvalue weighted by Crippen LogP contribution is 2.12. The van der Waals surface area contributed by atoms with Crippen molar-refractivity contribution >= 4 is 17.8 Å². The Morgan fingerprint density at radius 3 is 2.41 bits per heavy atom. The number of hydrazone groups is 1. The molecule has 0 unspecified atom stereocenters. The Morgan fingerprint density at radius 2 is 1.82 bits per heavy atom. The Balaban J connectivity index is 1.87. The molecule has 22 heavy (non-hydrogen) atoms. The monoisotopic (exact) mass is 301 g/mol. The first kappa shape index (κ1) is 15.3. The minimum atomic E-state index is -0.503. The summed E-state index contributed by atoms with van der Waals surface area (Å²) in [7, 11) is 0. The Bertz CT molecular complexity index is 697. The molecule has 0 heterocycles. The molecule has 0 saturated heterocycles. The fourth-order valence-electron chi connectivity index (χ4n) is 1.69. The van der Waals surface area contributed by atoms with Crippen molar-refractivity contribution in [3.63, 3.8) is 0 Å². The second kappa shape index (κ2) is 7.07. The lowest BCUT2D eigenvalue weighted by atomic mass is 10.1. The van der Waals surface area contributed by atoms with Gasteiger partial charge in [-0.25, -0.2) is 9.82 Å². The molecule has 0 fully saturated rings. The summed E-state index contributed by atoms with van der Waals surface area (Å²) in [5, 5.41) is 14.3. The van der Waals surface area contributed by atoms with Gasteiger partial charge in [0.15, 0.2) is 0 Å². The predicted octanol–water partition coefficient (Wildman–Crippen LogP) is 2.43. The molecule has 2 aromatic carbocycles. The molecule has 0 aromatic heterocycles. The van der Waals surface area contributed by atoms with E-state index >= 15 is 0 Å². The maximum absolute atomic E-state index is 12.7. The Hall–Kier alpha value is -3.09. The molecular weight excluding hydrogens is 289 g/mol. The second-order valence-electron chi connectivity index (χ2n) is 4.45. The number of nitro groups is 1. The van der Waals surface area contributed by atoms with Gasteiger partial charge in [-0.2, -0.15) is 5.10 Å². The molecule has 2 aromatic rings. The smallest absolute Gasteiger partial charge is 0.269 e. The quantitative estimate of drug-likeness (QED) is 0.523. The van der Waals surface area contributed by atoms with Crippen molar-refractivity contribution in [2.24, 2.45) is 5.10 Å². The summed E-state index contributed by atoms with van der Waals surface area (Å²) in [4.78, 5) is 21.7. The van der Waals surface area contributed by atoms with Crippen LogP contribution in [0.2, 0.25) is 0 Å². The van der Waals surface area contributed by atoms with Crippen molar-refractivity contribution in [1.29, 1.82) is 0 Å². The number of hydrogen-bond donors (Lipinski definition) is 1. The molecule has 0 radical (unpaired) electrons. The van der Waals surface area contributed by atoms with Crippen molar-refractivity contribution in [1.82, 2.24) is 5.43 Å². The van der Waals surface area contributed by atoms with Gasteiger partial charge in [0.1, 0.15) is 5.82 Å². The van der Waals surface area contributed by atoms with Crippen molar-refractivity contribution in [2.75, 3.05) is 0 Å². The summed E-state index contributed by atoms with van der Waals surface area (Å²) in [6.07, 6.45) is 1.45. The van der Waals surface area contributed by atoms with Crippen LogP contribution in [-0.2, 0) is 11.2 Å². The largest absolute Gasteiger partial charge is 0.273 e. The Labute approximate surface area is 125 Å². The third-order valence-electron chi connectivity index (χ3n) is 2.78. The van der Waals surface area contributed by atoms with E-state index in [2.05, 4.69) is 10.5 Å². The first-order valence-corrected chi connectivity index (χ1v) is 6.35. The van der Waals surface area contributed by atoms with E-state index in [1.807, 2.05) is 0 Å². The number of nitrogens with one attached hydrogen (secondary N) is 1. The summed E-state index contributed by atoms with van der Waals surface area (Å²) in [6, 6.07) is 11.3. The number of benzene rings is 2. The summed E-state index contributed by atoms with van der Waals surface area (Å²) in [6.45, 7) is 0. The van der Waals surface area contributed by atoms with Crippen LogP contribution >= 0.6 is 0 Å². The van der Waals surface area contributed by atoms with E-state index in [9.17, 15) is 19.3 Å². The van der Waals surface area contributed by atoms with Gasteiger partial charge in [0, 0.05) is 12.1 Å². The average Bonchev–Trinajstić information content (AvgIpc) is 2.50. The lowest BCUT2D eigenvalue weighted by Crippen LogP contribution is -2.19. The van der Waals surface area contributed by atoms with E-state index in [4.69, 9.17) is 0 Å². The Kier molecular flexibility index (Phi) is 4.92. The van der Waals surface area contributed by atoms with E-state index < -0.39 is 4.92 Å². The topological polar surface area (TPSA) is 84.6 Å². The van der Waals surface area contributed by atoms with Gasteiger partial charge in [0.05, 0.1) is 17.6 Å². The first-order chi connectivity index (χ1) is 10.5. The number of carbonyl (C=O) groups is 1. The van der Waals surface area contributed by atoms with Crippen LogP contribution in [0.25, 0.3) is 0 Å². The van der Waals surface area contributed by atoms with Crippen LogP contribution in [0.4, 0.5) is 10.1 Å². The van der Waals surface area contributed by atoms with Gasteiger partial charge >= 0.3 is 0 Å². The maximum Gasteiger partial charge on any atom is 0.269 e. The fourth-order valence-corrected chi connectivity index (χ4v) is 1.69. The molecule has 2 rings (SSSR count). The standard InChI is InChI=1S/C15H12FN3O3/c16-13-5-1-12(2-6-13)10-17-18-15(20)9-11-3-7-14(8-4-11)19(21)22/h1-8,10H,9H2,(H,18,20). The van der Waals surface area contributed by atoms with Crippen molar-refractivity contribution < 1.29 is 14.1 Å². The molecule has 1 amide bonds. The number of halogens is 1. The number of non-ortho nitro benzene ring substituents is 1. The van der Waals surface area contributed by atoms with Crippen LogP contribution < -0.4 is 5.43 Å². The van der Waals surface area contributed by atoms with Crippen molar-refractivity contribution in [3.05, 3.63) is 75.6 Å². The minimum Gasteiger partial charge on any atom is -0.273 e. The summed E-state index contributed by atoms with van der Waals surface area (Å²) in [5.41, 5.74) is 3.59. The summed E-state index contributed by atoms with van der Waals surface area (Å²) < 4.78 is 12.7. The SMILES string of the molecule is O=C(Cc1ccc([N+](=O)[O-])cc1)NN=Cc1ccc(F)cc1. The third-order valence-corrected chi connectivity index (χ3v) is 2.78. The van der Waals surface area contributed by atoms with Crippen LogP contribution in [0.5, 0.6) is 0 Å². The average molecular weight is 301 g/mol. The highest BCUT2D eigenvalue weighted by atomic mass is 19.1. The van der Waals surface area contributed by atoms with Crippen molar-refractivity contribution in [3.8, 4) is 0 Å². The predicted molar refractivity (Wildman–Crippen MR) is 78.9 cm³/mol. The molecule has 0 aliphatic rings. The number of hydrogen-bond acceptors (Lipinski definition) is 4. The Morgan fingerprint density at radius 1 is 1.18 bits per heavy atom. The van der Waals surface area contributed by atoms with E-state index in [-0.39, 0.29) is 23.8 Å². The van der Waals surface area contributed by atoms with Gasteiger partial charge in [0.25, 0.3) is 5.69 Å². The van der Waals surface area contributed by atoms with Gasteiger partial charge < -0.3 is 0 Å². The fraction of sp³-hybridized carbons (Fsp3) is 0.0667. The summed E-state index contributed by atoms with van der Waals surface area (Å²) >= 11 is 0. The number of nitro benzene ring substituents is 1. The zero-order valence-electron chi connectivity index (χ0n) is 11.4. The summed E-state index contributed by atoms with van der Waals surface area (Å²) in [5.74, 6) is -0.702.